The van der Waals surface area contributed by atoms with Crippen molar-refractivity contribution in [1.82, 2.24) is 14.5 Å². The smallest absolute Gasteiger partial charge is 0.461 e. The van der Waals surface area contributed by atoms with E-state index in [1.807, 2.05) is 37.2 Å². The summed E-state index contributed by atoms with van der Waals surface area (Å²) in [4.78, 5) is 6.35. The zero-order chi connectivity index (χ0) is 13.8. The quantitative estimate of drug-likeness (QED) is 0.224. The van der Waals surface area contributed by atoms with Gasteiger partial charge >= 0.3 is 51.4 Å². The molecule has 2 atom stereocenters. The van der Waals surface area contributed by atoms with E-state index in [-0.39, 0.29) is 61.5 Å². The van der Waals surface area contributed by atoms with E-state index in [1.165, 1.54) is 0 Å². The molecule has 0 fully saturated rings. The molecule has 6 heteroatoms. The molecule has 19 heavy (non-hydrogen) atoms. The van der Waals surface area contributed by atoms with Crippen LogP contribution in [0.2, 0.25) is 0 Å². The van der Waals surface area contributed by atoms with Crippen molar-refractivity contribution in [3.05, 3.63) is 23.3 Å². The SMILES string of the molecule is Cc1nc(C)n2c1C(C)(F)N(C(C)C)C(I)[C-]2C.[K+]. The number of aryl methyl sites for hydroxylation is 2. The van der Waals surface area contributed by atoms with E-state index in [1.54, 1.807) is 6.92 Å². The Morgan fingerprint density at radius 2 is 1.95 bits per heavy atom. The molecule has 2 unspecified atom stereocenters. The Labute approximate surface area is 171 Å². The number of rotatable bonds is 1. The van der Waals surface area contributed by atoms with Gasteiger partial charge in [0, 0.05) is 11.9 Å². The molecule has 0 amide bonds. The van der Waals surface area contributed by atoms with Crippen LogP contribution in [0.4, 0.5) is 4.39 Å². The van der Waals surface area contributed by atoms with Crippen LogP contribution in [0, 0.1) is 19.9 Å². The maximum absolute atomic E-state index is 15.3. The van der Waals surface area contributed by atoms with Gasteiger partial charge in [0.1, 0.15) is 0 Å². The van der Waals surface area contributed by atoms with Crippen molar-refractivity contribution in [2.24, 2.45) is 0 Å². The molecule has 102 valence electrons. The van der Waals surface area contributed by atoms with Gasteiger partial charge in [-0.3, -0.25) is 4.90 Å². The predicted molar refractivity (Wildman–Crippen MR) is 79.3 cm³/mol. The van der Waals surface area contributed by atoms with Crippen LogP contribution in [0.1, 0.15) is 44.9 Å². The summed E-state index contributed by atoms with van der Waals surface area (Å²) in [6, 6.07) is 1.27. The summed E-state index contributed by atoms with van der Waals surface area (Å²) in [6.45, 7) is 11.6. The number of halogens is 2. The standard InChI is InChI=1S/C13H20FIN3.K/c1-7(2)18-12(15)9(4)17-10(5)16-8(3)11(17)13(18,6)14;/h7,12H,1-6H3;/q-1;+1. The van der Waals surface area contributed by atoms with E-state index < -0.39 is 5.79 Å². The van der Waals surface area contributed by atoms with Crippen molar-refractivity contribution in [3.8, 4) is 0 Å². The topological polar surface area (TPSA) is 21.1 Å². The fourth-order valence-corrected chi connectivity index (χ4v) is 4.47. The minimum atomic E-state index is -1.48. The van der Waals surface area contributed by atoms with Crippen LogP contribution in [0.15, 0.2) is 0 Å². The van der Waals surface area contributed by atoms with E-state index in [0.717, 1.165) is 17.6 Å². The van der Waals surface area contributed by atoms with Crippen LogP contribution in [-0.2, 0) is 5.79 Å². The normalized spacial score (nSPS) is 27.4. The molecule has 0 aliphatic carbocycles. The molecule has 0 radical (unpaired) electrons. The molecule has 1 aliphatic rings. The van der Waals surface area contributed by atoms with E-state index >= 15 is 4.39 Å². The summed E-state index contributed by atoms with van der Waals surface area (Å²) in [5.74, 6) is -0.612. The average Bonchev–Trinajstić information content (AvgIpc) is 2.50. The minimum absolute atomic E-state index is 0. The second-order valence-corrected chi connectivity index (χ2v) is 6.54. The van der Waals surface area contributed by atoms with Crippen molar-refractivity contribution >= 4 is 22.6 Å². The second kappa shape index (κ2) is 6.22. The zero-order valence-corrected chi connectivity index (χ0v) is 18.0. The van der Waals surface area contributed by atoms with Gasteiger partial charge in [-0.2, -0.15) is 0 Å². The molecular formula is C13H20FIKN3. The summed E-state index contributed by atoms with van der Waals surface area (Å²) < 4.78 is 17.3. The third-order valence-electron chi connectivity index (χ3n) is 3.63. The predicted octanol–water partition coefficient (Wildman–Crippen LogP) is 0.531. The van der Waals surface area contributed by atoms with Gasteiger partial charge in [-0.1, -0.05) is 42.5 Å². The summed E-state index contributed by atoms with van der Waals surface area (Å²) in [5.41, 5.74) is 1.46. The van der Waals surface area contributed by atoms with Gasteiger partial charge in [0.15, 0.2) is 5.79 Å². The number of aromatic nitrogens is 2. The van der Waals surface area contributed by atoms with Gasteiger partial charge < -0.3 is 9.55 Å². The Morgan fingerprint density at radius 3 is 2.42 bits per heavy atom. The molecule has 1 aromatic rings. The van der Waals surface area contributed by atoms with E-state index in [4.69, 9.17) is 0 Å². The van der Waals surface area contributed by atoms with Crippen LogP contribution in [0.5, 0.6) is 0 Å². The van der Waals surface area contributed by atoms with E-state index in [2.05, 4.69) is 34.5 Å². The van der Waals surface area contributed by atoms with Crippen molar-refractivity contribution in [3.63, 3.8) is 0 Å². The maximum atomic E-state index is 15.3. The fourth-order valence-electron chi connectivity index (χ4n) is 3.02. The summed E-state index contributed by atoms with van der Waals surface area (Å²) in [5, 5.41) is 0. The first-order valence-electron chi connectivity index (χ1n) is 6.21. The van der Waals surface area contributed by atoms with Gasteiger partial charge in [-0.25, -0.2) is 4.39 Å². The largest absolute Gasteiger partial charge is 1.00 e. The van der Waals surface area contributed by atoms with Gasteiger partial charge in [-0.15, -0.1) is 0 Å². The second-order valence-electron chi connectivity index (χ2n) is 5.36. The molecular weight excluding hydrogens is 383 g/mol. The number of hydrogen-bond donors (Lipinski definition) is 0. The molecule has 0 aromatic carbocycles. The van der Waals surface area contributed by atoms with Crippen LogP contribution < -0.4 is 51.4 Å². The maximum Gasteiger partial charge on any atom is 1.00 e. The zero-order valence-electron chi connectivity index (χ0n) is 12.8. The number of alkyl halides is 2. The molecule has 2 rings (SSSR count). The Balaban J connectivity index is 0.00000180. The van der Waals surface area contributed by atoms with Crippen LogP contribution in [0.3, 0.4) is 0 Å². The molecule has 3 nitrogen and oxygen atoms in total. The first-order chi connectivity index (χ1) is 8.19. The van der Waals surface area contributed by atoms with Gasteiger partial charge in [-0.05, 0) is 39.1 Å². The first-order valence-corrected chi connectivity index (χ1v) is 7.45. The molecule has 1 aliphatic heterocycles. The molecule has 2 heterocycles. The Kier molecular flexibility index (Phi) is 6.02. The Bertz CT molecular complexity index is 473. The molecule has 0 N–H and O–H groups in total. The van der Waals surface area contributed by atoms with Gasteiger partial charge in [0.05, 0.1) is 4.05 Å². The molecule has 1 aromatic heterocycles. The molecule has 0 spiro atoms. The van der Waals surface area contributed by atoms with Gasteiger partial charge in [0.25, 0.3) is 0 Å². The number of imidazole rings is 1. The Morgan fingerprint density at radius 1 is 1.42 bits per heavy atom. The van der Waals surface area contributed by atoms with Crippen molar-refractivity contribution in [2.75, 3.05) is 0 Å². The van der Waals surface area contributed by atoms with Crippen LogP contribution >= 0.6 is 22.6 Å². The summed E-state index contributed by atoms with van der Waals surface area (Å²) >= 11 is 2.31. The molecule has 0 bridgehead atoms. The number of fused-ring (bicyclic) bond motifs is 1. The third-order valence-corrected chi connectivity index (χ3v) is 5.14. The minimum Gasteiger partial charge on any atom is -0.461 e. The summed E-state index contributed by atoms with van der Waals surface area (Å²) in [7, 11) is 0. The molecule has 0 saturated carbocycles. The van der Waals surface area contributed by atoms with E-state index in [9.17, 15) is 0 Å². The van der Waals surface area contributed by atoms with Crippen molar-refractivity contribution in [2.45, 2.75) is 57.4 Å². The Hall–Kier alpha value is 1.34. The fraction of sp³-hybridized carbons (Fsp3) is 0.692. The third kappa shape index (κ3) is 2.83. The average molecular weight is 403 g/mol. The van der Waals surface area contributed by atoms with Crippen LogP contribution in [-0.4, -0.2) is 24.5 Å². The first kappa shape index (κ1) is 18.4. The monoisotopic (exact) mass is 403 g/mol. The van der Waals surface area contributed by atoms with Crippen LogP contribution in [0.25, 0.3) is 0 Å². The number of nitrogens with zero attached hydrogens (tertiary/aromatic N) is 3. The van der Waals surface area contributed by atoms with Crippen molar-refractivity contribution in [1.29, 1.82) is 0 Å². The number of hydrogen-bond acceptors (Lipinski definition) is 2. The van der Waals surface area contributed by atoms with Crippen molar-refractivity contribution < 1.29 is 55.8 Å². The molecule has 0 saturated heterocycles. The summed E-state index contributed by atoms with van der Waals surface area (Å²) in [6.07, 6.45) is 0. The van der Waals surface area contributed by atoms with Gasteiger partial charge in [0.2, 0.25) is 0 Å². The van der Waals surface area contributed by atoms with E-state index in [0.29, 0.717) is 5.69 Å².